The summed E-state index contributed by atoms with van der Waals surface area (Å²) in [5, 5.41) is 8.82. The Hall–Kier alpha value is -0.560. The summed E-state index contributed by atoms with van der Waals surface area (Å²) in [7, 11) is 0. The van der Waals surface area contributed by atoms with Crippen molar-refractivity contribution in [3.63, 3.8) is 0 Å². The maximum absolute atomic E-state index is 8.82. The highest BCUT2D eigenvalue weighted by molar-refractivity contribution is 5.07. The molecule has 0 aromatic carbocycles. The van der Waals surface area contributed by atoms with Crippen LogP contribution >= 0.6 is 0 Å². The van der Waals surface area contributed by atoms with E-state index in [2.05, 4.69) is 32.9 Å². The van der Waals surface area contributed by atoms with Crippen molar-refractivity contribution in [3.8, 4) is 0 Å². The zero-order chi connectivity index (χ0) is 10.1. The summed E-state index contributed by atoms with van der Waals surface area (Å²) < 4.78 is 0. The molecule has 76 valence electrons. The van der Waals surface area contributed by atoms with E-state index in [1.807, 2.05) is 0 Å². The monoisotopic (exact) mass is 182 g/mol. The van der Waals surface area contributed by atoms with Crippen molar-refractivity contribution in [1.82, 2.24) is 0 Å². The molecule has 0 unspecified atom stereocenters. The molecule has 0 aromatic heterocycles. The predicted octanol–water partition coefficient (Wildman–Crippen LogP) is 3.45. The van der Waals surface area contributed by atoms with E-state index in [0.29, 0.717) is 0 Å². The van der Waals surface area contributed by atoms with Crippen molar-refractivity contribution in [2.75, 3.05) is 6.61 Å². The second kappa shape index (κ2) is 8.06. The fourth-order valence-corrected chi connectivity index (χ4v) is 1.26. The second-order valence-corrected chi connectivity index (χ2v) is 3.60. The number of allylic oxidation sites excluding steroid dienone is 3. The van der Waals surface area contributed by atoms with Crippen LogP contribution < -0.4 is 0 Å². The number of aliphatic hydroxyl groups is 1. The van der Waals surface area contributed by atoms with Crippen LogP contribution in [-0.2, 0) is 0 Å². The molecule has 0 aromatic rings. The standard InChI is InChI=1S/C12H22O/c1-4-6-12(9-10-13)8-5-7-11(2)3/h7-8,13H,4-6,9-10H2,1-3H3. The van der Waals surface area contributed by atoms with E-state index < -0.39 is 0 Å². The first-order chi connectivity index (χ1) is 6.20. The van der Waals surface area contributed by atoms with Gasteiger partial charge in [0, 0.05) is 6.61 Å². The molecule has 13 heavy (non-hydrogen) atoms. The normalized spacial score (nSPS) is 11.5. The van der Waals surface area contributed by atoms with E-state index in [1.165, 1.54) is 17.6 Å². The van der Waals surface area contributed by atoms with Gasteiger partial charge in [0.2, 0.25) is 0 Å². The summed E-state index contributed by atoms with van der Waals surface area (Å²) in [5.74, 6) is 0. The van der Waals surface area contributed by atoms with Crippen molar-refractivity contribution >= 4 is 0 Å². The van der Waals surface area contributed by atoms with E-state index in [1.54, 1.807) is 0 Å². The summed E-state index contributed by atoms with van der Waals surface area (Å²) in [6.07, 6.45) is 8.60. The zero-order valence-corrected chi connectivity index (χ0v) is 9.14. The van der Waals surface area contributed by atoms with Gasteiger partial charge < -0.3 is 5.11 Å². The third-order valence-corrected chi connectivity index (χ3v) is 1.94. The molecule has 0 amide bonds. The number of hydrogen-bond acceptors (Lipinski definition) is 1. The molecule has 0 saturated carbocycles. The zero-order valence-electron chi connectivity index (χ0n) is 9.14. The molecule has 0 saturated heterocycles. The maximum atomic E-state index is 8.82. The minimum atomic E-state index is 0.278. The van der Waals surface area contributed by atoms with Gasteiger partial charge >= 0.3 is 0 Å². The van der Waals surface area contributed by atoms with E-state index in [-0.39, 0.29) is 6.61 Å². The lowest BCUT2D eigenvalue weighted by Crippen LogP contribution is -1.88. The van der Waals surface area contributed by atoms with Gasteiger partial charge in [0.25, 0.3) is 0 Å². The Morgan fingerprint density at radius 2 is 1.85 bits per heavy atom. The molecular formula is C12H22O. The van der Waals surface area contributed by atoms with Gasteiger partial charge in [0.1, 0.15) is 0 Å². The fraction of sp³-hybridized carbons (Fsp3) is 0.667. The summed E-state index contributed by atoms with van der Waals surface area (Å²) in [6, 6.07) is 0. The van der Waals surface area contributed by atoms with Gasteiger partial charge in [-0.05, 0) is 33.1 Å². The Labute approximate surface area is 82.2 Å². The molecular weight excluding hydrogens is 160 g/mol. The van der Waals surface area contributed by atoms with Crippen LogP contribution in [-0.4, -0.2) is 11.7 Å². The first kappa shape index (κ1) is 12.4. The molecule has 0 atom stereocenters. The smallest absolute Gasteiger partial charge is 0.0468 e. The van der Waals surface area contributed by atoms with E-state index >= 15 is 0 Å². The molecule has 0 aliphatic heterocycles. The number of hydrogen-bond donors (Lipinski definition) is 1. The van der Waals surface area contributed by atoms with Crippen molar-refractivity contribution in [3.05, 3.63) is 23.3 Å². The van der Waals surface area contributed by atoms with Gasteiger partial charge in [0.05, 0.1) is 0 Å². The first-order valence-electron chi connectivity index (χ1n) is 5.12. The lowest BCUT2D eigenvalue weighted by atomic mass is 10.1. The van der Waals surface area contributed by atoms with Crippen LogP contribution in [0.25, 0.3) is 0 Å². The van der Waals surface area contributed by atoms with Crippen molar-refractivity contribution in [2.45, 2.75) is 46.5 Å². The van der Waals surface area contributed by atoms with Crippen molar-refractivity contribution < 1.29 is 5.11 Å². The SMILES string of the molecule is CCCC(=CCC=C(C)C)CCO. The van der Waals surface area contributed by atoms with E-state index in [4.69, 9.17) is 5.11 Å². The second-order valence-electron chi connectivity index (χ2n) is 3.60. The number of rotatable bonds is 6. The molecule has 1 N–H and O–H groups in total. The maximum Gasteiger partial charge on any atom is 0.0468 e. The Balaban J connectivity index is 3.95. The molecule has 0 aliphatic rings. The topological polar surface area (TPSA) is 20.2 Å². The van der Waals surface area contributed by atoms with Crippen LogP contribution in [0.4, 0.5) is 0 Å². The van der Waals surface area contributed by atoms with Crippen molar-refractivity contribution in [1.29, 1.82) is 0 Å². The quantitative estimate of drug-likeness (QED) is 0.624. The van der Waals surface area contributed by atoms with Gasteiger partial charge in [-0.15, -0.1) is 0 Å². The third kappa shape index (κ3) is 7.79. The summed E-state index contributed by atoms with van der Waals surface area (Å²) >= 11 is 0. The van der Waals surface area contributed by atoms with Crippen LogP contribution in [0.5, 0.6) is 0 Å². The molecule has 0 rings (SSSR count). The van der Waals surface area contributed by atoms with Crippen LogP contribution in [0.1, 0.15) is 46.5 Å². The predicted molar refractivity (Wildman–Crippen MR) is 58.7 cm³/mol. The van der Waals surface area contributed by atoms with Crippen LogP contribution in [0.3, 0.4) is 0 Å². The molecule has 1 nitrogen and oxygen atoms in total. The highest BCUT2D eigenvalue weighted by atomic mass is 16.2. The molecule has 0 bridgehead atoms. The summed E-state index contributed by atoms with van der Waals surface area (Å²) in [6.45, 7) is 6.67. The highest BCUT2D eigenvalue weighted by Crippen LogP contribution is 2.10. The van der Waals surface area contributed by atoms with Crippen molar-refractivity contribution in [2.24, 2.45) is 0 Å². The molecule has 0 fully saturated rings. The summed E-state index contributed by atoms with van der Waals surface area (Å²) in [5.41, 5.74) is 2.75. The molecule has 0 heterocycles. The molecule has 1 heteroatoms. The van der Waals surface area contributed by atoms with Crippen LogP contribution in [0.15, 0.2) is 23.3 Å². The largest absolute Gasteiger partial charge is 0.396 e. The lowest BCUT2D eigenvalue weighted by Gasteiger charge is -2.02. The van der Waals surface area contributed by atoms with Crippen LogP contribution in [0.2, 0.25) is 0 Å². The van der Waals surface area contributed by atoms with Gasteiger partial charge in [-0.3, -0.25) is 0 Å². The lowest BCUT2D eigenvalue weighted by molar-refractivity contribution is 0.297. The Morgan fingerprint density at radius 1 is 1.15 bits per heavy atom. The molecule has 0 spiro atoms. The third-order valence-electron chi connectivity index (χ3n) is 1.94. The van der Waals surface area contributed by atoms with Gasteiger partial charge in [0.15, 0.2) is 0 Å². The molecule has 0 aliphatic carbocycles. The Bertz CT molecular complexity index is 166. The van der Waals surface area contributed by atoms with E-state index in [9.17, 15) is 0 Å². The highest BCUT2D eigenvalue weighted by Gasteiger charge is 1.93. The Morgan fingerprint density at radius 3 is 2.31 bits per heavy atom. The minimum absolute atomic E-state index is 0.278. The molecule has 0 radical (unpaired) electrons. The fourth-order valence-electron chi connectivity index (χ4n) is 1.26. The van der Waals surface area contributed by atoms with Gasteiger partial charge in [-0.2, -0.15) is 0 Å². The van der Waals surface area contributed by atoms with Gasteiger partial charge in [-0.1, -0.05) is 36.6 Å². The summed E-state index contributed by atoms with van der Waals surface area (Å²) in [4.78, 5) is 0. The Kier molecular flexibility index (Phi) is 7.71. The first-order valence-corrected chi connectivity index (χ1v) is 5.12. The minimum Gasteiger partial charge on any atom is -0.396 e. The average Bonchev–Trinajstić information content (AvgIpc) is 2.04. The number of aliphatic hydroxyl groups excluding tert-OH is 1. The van der Waals surface area contributed by atoms with E-state index in [0.717, 1.165) is 19.3 Å². The van der Waals surface area contributed by atoms with Crippen LogP contribution in [0, 0.1) is 0 Å². The van der Waals surface area contributed by atoms with Gasteiger partial charge in [-0.25, -0.2) is 0 Å². The average molecular weight is 182 g/mol.